The Bertz CT molecular complexity index is 596. The third-order valence-electron chi connectivity index (χ3n) is 2.36. The molecule has 0 atom stereocenters. The molecule has 1 N–H and O–H groups in total. The minimum atomic E-state index is -0.513. The van der Waals surface area contributed by atoms with Gasteiger partial charge in [-0.25, -0.2) is 0 Å². The number of anilines is 1. The molecule has 0 aliphatic heterocycles. The maximum Gasteiger partial charge on any atom is 0.311 e. The maximum absolute atomic E-state index is 10.9. The van der Waals surface area contributed by atoms with E-state index in [1.54, 1.807) is 13.0 Å². The first-order chi connectivity index (χ1) is 9.10. The van der Waals surface area contributed by atoms with Crippen molar-refractivity contribution in [2.75, 3.05) is 12.4 Å². The van der Waals surface area contributed by atoms with Crippen LogP contribution < -0.4 is 10.1 Å². The number of hydrogen-bond acceptors (Lipinski definition) is 7. The molecular formula is C11H12N4O4. The second-order valence-corrected chi connectivity index (χ2v) is 3.77. The van der Waals surface area contributed by atoms with Crippen molar-refractivity contribution in [2.24, 2.45) is 0 Å². The van der Waals surface area contributed by atoms with Gasteiger partial charge in [0, 0.05) is 18.2 Å². The fraction of sp³-hybridized carbons (Fsp3) is 0.273. The van der Waals surface area contributed by atoms with Crippen LogP contribution in [0.2, 0.25) is 0 Å². The first-order valence-corrected chi connectivity index (χ1v) is 5.45. The number of nitro groups is 1. The topological polar surface area (TPSA) is 103 Å². The van der Waals surface area contributed by atoms with Crippen molar-refractivity contribution < 1.29 is 14.2 Å². The zero-order valence-corrected chi connectivity index (χ0v) is 10.4. The molecule has 0 radical (unpaired) electrons. The van der Waals surface area contributed by atoms with Crippen LogP contribution in [0.3, 0.4) is 0 Å². The van der Waals surface area contributed by atoms with Gasteiger partial charge >= 0.3 is 5.69 Å². The van der Waals surface area contributed by atoms with Crippen molar-refractivity contribution in [1.29, 1.82) is 0 Å². The second-order valence-electron chi connectivity index (χ2n) is 3.77. The Kier molecular flexibility index (Phi) is 3.60. The Morgan fingerprint density at radius 1 is 1.53 bits per heavy atom. The van der Waals surface area contributed by atoms with E-state index in [-0.39, 0.29) is 18.1 Å². The SMILES string of the molecule is COc1ccc([N+](=O)[O-])c(NCc2cc(C)no2)n1. The molecule has 0 aromatic carbocycles. The Balaban J connectivity index is 2.19. The average molecular weight is 264 g/mol. The zero-order chi connectivity index (χ0) is 13.8. The molecular weight excluding hydrogens is 252 g/mol. The molecule has 19 heavy (non-hydrogen) atoms. The van der Waals surface area contributed by atoms with Crippen molar-refractivity contribution in [2.45, 2.75) is 13.5 Å². The molecule has 0 amide bonds. The van der Waals surface area contributed by atoms with Crippen LogP contribution in [0.15, 0.2) is 22.7 Å². The lowest BCUT2D eigenvalue weighted by atomic mass is 10.3. The van der Waals surface area contributed by atoms with Crippen LogP contribution in [-0.2, 0) is 6.54 Å². The van der Waals surface area contributed by atoms with Gasteiger partial charge in [0.2, 0.25) is 11.7 Å². The Morgan fingerprint density at radius 2 is 2.32 bits per heavy atom. The molecule has 0 saturated heterocycles. The van der Waals surface area contributed by atoms with Gasteiger partial charge < -0.3 is 14.6 Å². The summed E-state index contributed by atoms with van der Waals surface area (Å²) in [6, 6.07) is 4.50. The fourth-order valence-electron chi connectivity index (χ4n) is 1.50. The smallest absolute Gasteiger partial charge is 0.311 e. The van der Waals surface area contributed by atoms with Gasteiger partial charge in [-0.1, -0.05) is 5.16 Å². The number of nitrogens with zero attached hydrogens (tertiary/aromatic N) is 3. The van der Waals surface area contributed by atoms with Crippen LogP contribution in [0.4, 0.5) is 11.5 Å². The number of rotatable bonds is 5. The van der Waals surface area contributed by atoms with Crippen molar-refractivity contribution >= 4 is 11.5 Å². The highest BCUT2D eigenvalue weighted by molar-refractivity contribution is 5.57. The van der Waals surface area contributed by atoms with E-state index in [1.807, 2.05) is 0 Å². The molecule has 8 heteroatoms. The number of hydrogen-bond donors (Lipinski definition) is 1. The average Bonchev–Trinajstić information content (AvgIpc) is 2.81. The largest absolute Gasteiger partial charge is 0.481 e. The lowest BCUT2D eigenvalue weighted by Crippen LogP contribution is -2.05. The lowest BCUT2D eigenvalue weighted by molar-refractivity contribution is -0.384. The summed E-state index contributed by atoms with van der Waals surface area (Å²) in [6.07, 6.45) is 0. The van der Waals surface area contributed by atoms with Gasteiger partial charge in [0.25, 0.3) is 0 Å². The normalized spacial score (nSPS) is 10.2. The summed E-state index contributed by atoms with van der Waals surface area (Å²) in [7, 11) is 1.44. The van der Waals surface area contributed by atoms with E-state index in [2.05, 4.69) is 15.5 Å². The molecule has 2 aromatic heterocycles. The van der Waals surface area contributed by atoms with Crippen LogP contribution >= 0.6 is 0 Å². The van der Waals surface area contributed by atoms with Crippen LogP contribution in [0.25, 0.3) is 0 Å². The van der Waals surface area contributed by atoms with Crippen LogP contribution in [0, 0.1) is 17.0 Å². The molecule has 2 rings (SSSR count). The molecule has 100 valence electrons. The van der Waals surface area contributed by atoms with Gasteiger partial charge in [-0.3, -0.25) is 10.1 Å². The summed E-state index contributed by atoms with van der Waals surface area (Å²) in [5.74, 6) is 0.983. The van der Waals surface area contributed by atoms with Gasteiger partial charge in [0.1, 0.15) is 0 Å². The van der Waals surface area contributed by atoms with Crippen molar-refractivity contribution in [3.8, 4) is 5.88 Å². The minimum Gasteiger partial charge on any atom is -0.481 e. The van der Waals surface area contributed by atoms with Crippen molar-refractivity contribution in [1.82, 2.24) is 10.1 Å². The number of aromatic nitrogens is 2. The van der Waals surface area contributed by atoms with E-state index >= 15 is 0 Å². The molecule has 0 aliphatic carbocycles. The third kappa shape index (κ3) is 2.97. The molecule has 2 aromatic rings. The van der Waals surface area contributed by atoms with Crippen molar-refractivity contribution in [3.05, 3.63) is 39.8 Å². The van der Waals surface area contributed by atoms with E-state index < -0.39 is 4.92 Å². The van der Waals surface area contributed by atoms with E-state index in [4.69, 9.17) is 9.26 Å². The maximum atomic E-state index is 10.9. The number of ether oxygens (including phenoxy) is 1. The van der Waals surface area contributed by atoms with Crippen molar-refractivity contribution in [3.63, 3.8) is 0 Å². The number of pyridine rings is 1. The molecule has 0 fully saturated rings. The fourth-order valence-corrected chi connectivity index (χ4v) is 1.50. The summed E-state index contributed by atoms with van der Waals surface area (Å²) in [5, 5.41) is 17.4. The van der Waals surface area contributed by atoms with E-state index in [9.17, 15) is 10.1 Å². The molecule has 0 aliphatic rings. The quantitative estimate of drug-likeness (QED) is 0.649. The highest BCUT2D eigenvalue weighted by atomic mass is 16.6. The predicted molar refractivity (Wildman–Crippen MR) is 66.0 cm³/mol. The van der Waals surface area contributed by atoms with Crippen LogP contribution in [-0.4, -0.2) is 22.2 Å². The number of nitrogens with one attached hydrogen (secondary N) is 1. The Hall–Kier alpha value is -2.64. The molecule has 2 heterocycles. The van der Waals surface area contributed by atoms with Crippen LogP contribution in [0.1, 0.15) is 11.5 Å². The molecule has 8 nitrogen and oxygen atoms in total. The summed E-state index contributed by atoms with van der Waals surface area (Å²) in [5.41, 5.74) is 0.613. The lowest BCUT2D eigenvalue weighted by Gasteiger charge is -2.05. The zero-order valence-electron chi connectivity index (χ0n) is 10.4. The number of aryl methyl sites for hydroxylation is 1. The standard InChI is InChI=1S/C11H12N4O4/c1-7-5-8(19-14-7)6-12-11-9(15(16)17)3-4-10(13-11)18-2/h3-5H,6H2,1-2H3,(H,12,13). The monoisotopic (exact) mass is 264 g/mol. The highest BCUT2D eigenvalue weighted by Gasteiger charge is 2.16. The van der Waals surface area contributed by atoms with Crippen LogP contribution in [0.5, 0.6) is 5.88 Å². The summed E-state index contributed by atoms with van der Waals surface area (Å²) in [4.78, 5) is 14.4. The molecule has 0 bridgehead atoms. The van der Waals surface area contributed by atoms with Gasteiger partial charge in [-0.05, 0) is 6.92 Å². The van der Waals surface area contributed by atoms with Gasteiger partial charge in [-0.2, -0.15) is 4.98 Å². The first-order valence-electron chi connectivity index (χ1n) is 5.45. The molecule has 0 spiro atoms. The Labute approximate surface area is 108 Å². The molecule has 0 saturated carbocycles. The second kappa shape index (κ2) is 5.34. The predicted octanol–water partition coefficient (Wildman–Crippen LogP) is 1.91. The number of methoxy groups -OCH3 is 1. The minimum absolute atomic E-state index is 0.124. The van der Waals surface area contributed by atoms with E-state index in [1.165, 1.54) is 19.2 Å². The Morgan fingerprint density at radius 3 is 2.89 bits per heavy atom. The highest BCUT2D eigenvalue weighted by Crippen LogP contribution is 2.25. The first kappa shape index (κ1) is 12.8. The van der Waals surface area contributed by atoms with E-state index in [0.717, 1.165) is 5.69 Å². The summed E-state index contributed by atoms with van der Waals surface area (Å²) in [6.45, 7) is 2.04. The summed E-state index contributed by atoms with van der Waals surface area (Å²) >= 11 is 0. The van der Waals surface area contributed by atoms with Gasteiger partial charge in [0.05, 0.1) is 24.3 Å². The van der Waals surface area contributed by atoms with Gasteiger partial charge in [0.15, 0.2) is 5.76 Å². The van der Waals surface area contributed by atoms with E-state index in [0.29, 0.717) is 11.6 Å². The summed E-state index contributed by atoms with van der Waals surface area (Å²) < 4.78 is 9.94. The molecule has 0 unspecified atom stereocenters. The van der Waals surface area contributed by atoms with Gasteiger partial charge in [-0.15, -0.1) is 0 Å². The third-order valence-corrected chi connectivity index (χ3v) is 2.36.